The first-order valence-corrected chi connectivity index (χ1v) is 6.44. The van der Waals surface area contributed by atoms with E-state index in [1.54, 1.807) is 12.1 Å². The first-order chi connectivity index (χ1) is 9.63. The maximum absolute atomic E-state index is 11.7. The molecular weight excluding hydrogens is 254 g/mol. The van der Waals surface area contributed by atoms with Crippen LogP contribution in [-0.4, -0.2) is 26.2 Å². The summed E-state index contributed by atoms with van der Waals surface area (Å²) in [7, 11) is 1.36. The van der Waals surface area contributed by atoms with Gasteiger partial charge in [-0.25, -0.2) is 4.79 Å². The second-order valence-electron chi connectivity index (χ2n) is 4.81. The fourth-order valence-corrected chi connectivity index (χ4v) is 2.35. The van der Waals surface area contributed by atoms with E-state index in [0.29, 0.717) is 36.3 Å². The van der Waals surface area contributed by atoms with Gasteiger partial charge in [0.1, 0.15) is 12.1 Å². The SMILES string of the molecule is COC(=O)C1=C(N)CC[NH+](Cc2[c-]ccc(C#N)c2)C1. The number of methoxy groups -OCH3 is 1. The number of carbonyl (C=O) groups excluding carboxylic acids is 1. The minimum absolute atomic E-state index is 0.352. The zero-order valence-corrected chi connectivity index (χ0v) is 11.4. The Labute approximate surface area is 118 Å². The molecule has 0 amide bonds. The Morgan fingerprint density at radius 3 is 3.15 bits per heavy atom. The molecule has 1 unspecified atom stereocenters. The third-order valence-electron chi connectivity index (χ3n) is 3.42. The van der Waals surface area contributed by atoms with Crippen LogP contribution in [0.3, 0.4) is 0 Å². The highest BCUT2D eigenvalue weighted by molar-refractivity contribution is 5.89. The number of nitrogens with one attached hydrogen (secondary N) is 1. The van der Waals surface area contributed by atoms with E-state index in [4.69, 9.17) is 15.7 Å². The number of hydrogen-bond acceptors (Lipinski definition) is 4. The van der Waals surface area contributed by atoms with Gasteiger partial charge in [0.2, 0.25) is 0 Å². The molecule has 0 aliphatic carbocycles. The molecule has 0 radical (unpaired) electrons. The molecule has 0 spiro atoms. The molecule has 3 N–H and O–H groups in total. The van der Waals surface area contributed by atoms with Crippen molar-refractivity contribution in [2.75, 3.05) is 20.2 Å². The average molecular weight is 271 g/mol. The van der Waals surface area contributed by atoms with Crippen molar-refractivity contribution in [1.29, 1.82) is 5.26 Å². The summed E-state index contributed by atoms with van der Waals surface area (Å²) >= 11 is 0. The molecule has 1 aromatic carbocycles. The summed E-state index contributed by atoms with van der Waals surface area (Å²) in [4.78, 5) is 12.9. The summed E-state index contributed by atoms with van der Waals surface area (Å²) in [6, 6.07) is 10.5. The minimum Gasteiger partial charge on any atom is -0.465 e. The van der Waals surface area contributed by atoms with Crippen molar-refractivity contribution in [3.05, 3.63) is 46.7 Å². The van der Waals surface area contributed by atoms with E-state index in [1.165, 1.54) is 12.0 Å². The molecule has 20 heavy (non-hydrogen) atoms. The second kappa shape index (κ2) is 6.22. The normalized spacial score (nSPS) is 18.5. The molecule has 0 saturated heterocycles. The Kier molecular flexibility index (Phi) is 4.38. The zero-order chi connectivity index (χ0) is 14.5. The maximum atomic E-state index is 11.7. The van der Waals surface area contributed by atoms with Gasteiger partial charge < -0.3 is 15.4 Å². The van der Waals surface area contributed by atoms with Crippen molar-refractivity contribution < 1.29 is 14.4 Å². The highest BCUT2D eigenvalue weighted by Crippen LogP contribution is 2.07. The van der Waals surface area contributed by atoms with E-state index in [0.717, 1.165) is 12.1 Å². The molecule has 1 atom stereocenters. The first-order valence-electron chi connectivity index (χ1n) is 6.44. The summed E-state index contributed by atoms with van der Waals surface area (Å²) in [6.45, 7) is 2.11. The van der Waals surface area contributed by atoms with Crippen LogP contribution in [0, 0.1) is 17.4 Å². The largest absolute Gasteiger partial charge is 0.465 e. The van der Waals surface area contributed by atoms with E-state index in [9.17, 15) is 4.79 Å². The summed E-state index contributed by atoms with van der Waals surface area (Å²) in [5.74, 6) is -0.352. The van der Waals surface area contributed by atoms with Gasteiger partial charge in [0.15, 0.2) is 0 Å². The number of carbonyl (C=O) groups is 1. The molecule has 5 heteroatoms. The van der Waals surface area contributed by atoms with Gasteiger partial charge in [-0.05, 0) is 0 Å². The topological polar surface area (TPSA) is 80.5 Å². The molecule has 5 nitrogen and oxygen atoms in total. The zero-order valence-electron chi connectivity index (χ0n) is 11.4. The number of benzene rings is 1. The molecule has 2 rings (SSSR count). The van der Waals surface area contributed by atoms with Gasteiger partial charge in [-0.15, -0.1) is 11.6 Å². The van der Waals surface area contributed by atoms with Gasteiger partial charge in [-0.2, -0.15) is 23.5 Å². The smallest absolute Gasteiger partial charge is 0.341 e. The quantitative estimate of drug-likeness (QED) is 0.575. The van der Waals surface area contributed by atoms with Gasteiger partial charge >= 0.3 is 5.97 Å². The number of nitrogens with two attached hydrogens (primary N) is 1. The summed E-state index contributed by atoms with van der Waals surface area (Å²) in [5.41, 5.74) is 8.64. The van der Waals surface area contributed by atoms with Crippen LogP contribution in [0.4, 0.5) is 0 Å². The summed E-state index contributed by atoms with van der Waals surface area (Å²) < 4.78 is 4.75. The van der Waals surface area contributed by atoms with Gasteiger partial charge in [-0.1, -0.05) is 5.56 Å². The molecule has 1 aromatic rings. The van der Waals surface area contributed by atoms with Crippen molar-refractivity contribution >= 4 is 5.97 Å². The third kappa shape index (κ3) is 3.16. The molecule has 1 aliphatic heterocycles. The van der Waals surface area contributed by atoms with E-state index < -0.39 is 0 Å². The lowest BCUT2D eigenvalue weighted by Gasteiger charge is -2.27. The van der Waals surface area contributed by atoms with Crippen molar-refractivity contribution in [2.45, 2.75) is 13.0 Å². The number of esters is 1. The van der Waals surface area contributed by atoms with Crippen LogP contribution in [0.2, 0.25) is 0 Å². The fraction of sp³-hybridized carbons (Fsp3) is 0.333. The van der Waals surface area contributed by atoms with E-state index in [1.807, 2.05) is 6.07 Å². The molecule has 0 saturated carbocycles. The Bertz CT molecular complexity index is 587. The molecule has 0 fully saturated rings. The molecule has 1 aliphatic rings. The van der Waals surface area contributed by atoms with E-state index >= 15 is 0 Å². The Hall–Kier alpha value is -2.32. The van der Waals surface area contributed by atoms with Crippen LogP contribution in [0.25, 0.3) is 0 Å². The van der Waals surface area contributed by atoms with Gasteiger partial charge in [0.05, 0.1) is 26.3 Å². The van der Waals surface area contributed by atoms with Crippen LogP contribution in [0.5, 0.6) is 0 Å². The Morgan fingerprint density at radius 2 is 2.45 bits per heavy atom. The lowest BCUT2D eigenvalue weighted by atomic mass is 10.0. The number of nitriles is 1. The Balaban J connectivity index is 2.09. The van der Waals surface area contributed by atoms with Crippen molar-refractivity contribution in [1.82, 2.24) is 0 Å². The number of nitrogens with zero attached hydrogens (tertiary/aromatic N) is 1. The standard InChI is InChI=1S/C15H16N3O2/c1-20-15(19)13-10-18(6-5-14(13)17)9-12-4-2-3-11(7-12)8-16/h2-3,7H,5-6,9-10,17H2,1H3/q-1/p+1. The predicted molar refractivity (Wildman–Crippen MR) is 72.2 cm³/mol. The average Bonchev–Trinajstić information content (AvgIpc) is 2.48. The second-order valence-corrected chi connectivity index (χ2v) is 4.81. The third-order valence-corrected chi connectivity index (χ3v) is 3.42. The number of rotatable bonds is 3. The summed E-state index contributed by atoms with van der Waals surface area (Å²) in [6.07, 6.45) is 0.678. The number of hydrogen-bond donors (Lipinski definition) is 2. The lowest BCUT2D eigenvalue weighted by Crippen LogP contribution is -3.11. The molecular formula is C15H17N3O2. The number of quaternary nitrogens is 1. The van der Waals surface area contributed by atoms with Gasteiger partial charge in [0, 0.05) is 12.1 Å². The lowest BCUT2D eigenvalue weighted by molar-refractivity contribution is -0.910. The Morgan fingerprint density at radius 1 is 1.65 bits per heavy atom. The van der Waals surface area contributed by atoms with Crippen molar-refractivity contribution in [2.24, 2.45) is 5.73 Å². The van der Waals surface area contributed by atoms with Crippen molar-refractivity contribution in [3.8, 4) is 6.07 Å². The van der Waals surface area contributed by atoms with Gasteiger partial charge in [0.25, 0.3) is 0 Å². The van der Waals surface area contributed by atoms with Crippen molar-refractivity contribution in [3.63, 3.8) is 0 Å². The molecule has 104 valence electrons. The van der Waals surface area contributed by atoms with Gasteiger partial charge in [-0.3, -0.25) is 0 Å². The number of ether oxygens (including phenoxy) is 1. The summed E-state index contributed by atoms with van der Waals surface area (Å²) in [5, 5.41) is 8.89. The van der Waals surface area contributed by atoms with Crippen LogP contribution >= 0.6 is 0 Å². The van der Waals surface area contributed by atoms with Crippen LogP contribution < -0.4 is 10.6 Å². The molecule has 0 bridgehead atoms. The monoisotopic (exact) mass is 271 g/mol. The molecule has 0 aromatic heterocycles. The van der Waals surface area contributed by atoms with E-state index in [2.05, 4.69) is 12.1 Å². The van der Waals surface area contributed by atoms with Crippen LogP contribution in [0.15, 0.2) is 29.5 Å². The first kappa shape index (κ1) is 14.1. The maximum Gasteiger partial charge on any atom is 0.341 e. The van der Waals surface area contributed by atoms with Crippen LogP contribution in [0.1, 0.15) is 17.5 Å². The molecule has 1 heterocycles. The predicted octanol–water partition coefficient (Wildman–Crippen LogP) is -0.467. The fourth-order valence-electron chi connectivity index (χ4n) is 2.35. The van der Waals surface area contributed by atoms with E-state index in [-0.39, 0.29) is 5.97 Å². The minimum atomic E-state index is -0.352. The highest BCUT2D eigenvalue weighted by atomic mass is 16.5. The highest BCUT2D eigenvalue weighted by Gasteiger charge is 2.25. The van der Waals surface area contributed by atoms with Crippen LogP contribution in [-0.2, 0) is 16.1 Å².